The zero-order valence-electron chi connectivity index (χ0n) is 13.1. The van der Waals surface area contributed by atoms with Gasteiger partial charge in [0, 0.05) is 39.1 Å². The molecule has 0 rings (SSSR count). The highest BCUT2D eigenvalue weighted by molar-refractivity contribution is 5.86. The van der Waals surface area contributed by atoms with Gasteiger partial charge in [-0.2, -0.15) is 0 Å². The van der Waals surface area contributed by atoms with E-state index >= 15 is 0 Å². The van der Waals surface area contributed by atoms with Crippen LogP contribution in [0.2, 0.25) is 0 Å². The molecule has 0 spiro atoms. The lowest BCUT2D eigenvalue weighted by Crippen LogP contribution is -2.37. The summed E-state index contributed by atoms with van der Waals surface area (Å²) in [6, 6.07) is 0. The molecule has 0 heterocycles. The summed E-state index contributed by atoms with van der Waals surface area (Å²) in [7, 11) is 0. The van der Waals surface area contributed by atoms with Crippen LogP contribution in [0.4, 0.5) is 0 Å². The summed E-state index contributed by atoms with van der Waals surface area (Å²) in [5.74, 6) is -1.26. The van der Waals surface area contributed by atoms with Crippen LogP contribution in [0.1, 0.15) is 39.0 Å². The average Bonchev–Trinajstić information content (AvgIpc) is 2.46. The van der Waals surface area contributed by atoms with Gasteiger partial charge in [-0.15, -0.1) is 0 Å². The standard InChI is InChI=1S/C15H30N4O2/c1-3-4-5-6-8-19-15(21)13(2)12-14(20)18-11-10-17-9-7-16/h2,13,17H,3-12,16H2,1H3,(H,18,20)(H,19,21)/t13-/m0/s1. The number of unbranched alkanes of at least 4 members (excludes halogenated alkanes) is 3. The van der Waals surface area contributed by atoms with Crippen LogP contribution >= 0.6 is 0 Å². The fourth-order valence-electron chi connectivity index (χ4n) is 1.78. The van der Waals surface area contributed by atoms with Crippen LogP contribution in [0.3, 0.4) is 0 Å². The summed E-state index contributed by atoms with van der Waals surface area (Å²) >= 11 is 0. The number of hydrogen-bond acceptors (Lipinski definition) is 4. The highest BCUT2D eigenvalue weighted by atomic mass is 16.2. The third kappa shape index (κ3) is 12.3. The summed E-state index contributed by atoms with van der Waals surface area (Å²) in [4.78, 5) is 23.3. The highest BCUT2D eigenvalue weighted by Crippen LogP contribution is 2.02. The Bertz CT molecular complexity index is 285. The van der Waals surface area contributed by atoms with Crippen LogP contribution in [-0.4, -0.2) is 44.5 Å². The first-order valence-corrected chi connectivity index (χ1v) is 7.82. The molecule has 1 atom stereocenters. The molecule has 0 saturated heterocycles. The molecule has 0 aromatic rings. The van der Waals surface area contributed by atoms with Gasteiger partial charge >= 0.3 is 0 Å². The third-order valence-corrected chi connectivity index (χ3v) is 3.02. The summed E-state index contributed by atoms with van der Waals surface area (Å²) in [5.41, 5.74) is 5.33. The largest absolute Gasteiger partial charge is 0.356 e. The molecule has 0 saturated carbocycles. The monoisotopic (exact) mass is 298 g/mol. The van der Waals surface area contributed by atoms with Crippen LogP contribution in [0.25, 0.3) is 0 Å². The number of carbonyl (C=O) groups excluding carboxylic acids is 2. The number of nitrogens with one attached hydrogen (secondary N) is 3. The van der Waals surface area contributed by atoms with Crippen LogP contribution in [0.15, 0.2) is 0 Å². The molecule has 2 radical (unpaired) electrons. The molecule has 0 bridgehead atoms. The van der Waals surface area contributed by atoms with E-state index in [4.69, 9.17) is 12.7 Å². The Hall–Kier alpha value is -1.14. The Labute approximate surface area is 128 Å². The van der Waals surface area contributed by atoms with Crippen molar-refractivity contribution in [2.75, 3.05) is 32.7 Å². The van der Waals surface area contributed by atoms with E-state index in [-0.39, 0.29) is 18.2 Å². The third-order valence-electron chi connectivity index (χ3n) is 3.02. The van der Waals surface area contributed by atoms with E-state index in [2.05, 4.69) is 22.9 Å². The Morgan fingerprint density at radius 1 is 1.05 bits per heavy atom. The van der Waals surface area contributed by atoms with Crippen molar-refractivity contribution in [2.24, 2.45) is 11.7 Å². The van der Waals surface area contributed by atoms with Crippen molar-refractivity contribution in [2.45, 2.75) is 39.0 Å². The second-order valence-electron chi connectivity index (χ2n) is 5.05. The van der Waals surface area contributed by atoms with Crippen LogP contribution in [0, 0.1) is 12.8 Å². The number of amides is 2. The van der Waals surface area contributed by atoms with Crippen LogP contribution in [-0.2, 0) is 9.59 Å². The minimum absolute atomic E-state index is 0.0116. The predicted octanol–water partition coefficient (Wildman–Crippen LogP) is 0.0648. The van der Waals surface area contributed by atoms with E-state index in [0.717, 1.165) is 25.8 Å². The van der Waals surface area contributed by atoms with Crippen molar-refractivity contribution < 1.29 is 9.59 Å². The van der Waals surface area contributed by atoms with Gasteiger partial charge in [-0.1, -0.05) is 26.2 Å². The Balaban J connectivity index is 3.62. The second-order valence-corrected chi connectivity index (χ2v) is 5.05. The summed E-state index contributed by atoms with van der Waals surface area (Å²) < 4.78 is 0. The summed E-state index contributed by atoms with van der Waals surface area (Å²) in [6.07, 6.45) is 4.39. The molecule has 0 aromatic heterocycles. The first-order valence-electron chi connectivity index (χ1n) is 7.82. The van der Waals surface area contributed by atoms with Gasteiger partial charge in [0.15, 0.2) is 0 Å². The van der Waals surface area contributed by atoms with Gasteiger partial charge in [0.2, 0.25) is 11.8 Å². The van der Waals surface area contributed by atoms with Crippen molar-refractivity contribution in [1.29, 1.82) is 0 Å². The van der Waals surface area contributed by atoms with E-state index in [1.165, 1.54) is 6.42 Å². The first-order chi connectivity index (χ1) is 10.1. The van der Waals surface area contributed by atoms with Crippen molar-refractivity contribution in [3.05, 3.63) is 6.92 Å². The number of hydrogen-bond donors (Lipinski definition) is 4. The molecule has 2 amide bonds. The fraction of sp³-hybridized carbons (Fsp3) is 0.800. The van der Waals surface area contributed by atoms with Crippen molar-refractivity contribution in [1.82, 2.24) is 16.0 Å². The number of rotatable bonds is 13. The lowest BCUT2D eigenvalue weighted by atomic mass is 10.1. The lowest BCUT2D eigenvalue weighted by molar-refractivity contribution is -0.129. The molecule has 0 fully saturated rings. The molecule has 0 unspecified atom stereocenters. The van der Waals surface area contributed by atoms with Gasteiger partial charge in [0.1, 0.15) is 0 Å². The van der Waals surface area contributed by atoms with Gasteiger partial charge in [0.25, 0.3) is 0 Å². The molecule has 6 heteroatoms. The van der Waals surface area contributed by atoms with E-state index in [1.54, 1.807) is 0 Å². The lowest BCUT2D eigenvalue weighted by Gasteiger charge is -2.12. The smallest absolute Gasteiger partial charge is 0.223 e. The number of nitrogens with two attached hydrogens (primary N) is 1. The van der Waals surface area contributed by atoms with E-state index in [9.17, 15) is 9.59 Å². The maximum Gasteiger partial charge on any atom is 0.223 e. The van der Waals surface area contributed by atoms with Gasteiger partial charge in [-0.25, -0.2) is 0 Å². The summed E-state index contributed by atoms with van der Waals surface area (Å²) in [6.45, 7) is 10.9. The van der Waals surface area contributed by atoms with Crippen LogP contribution < -0.4 is 21.7 Å². The molecule has 0 aliphatic heterocycles. The molecule has 0 aliphatic carbocycles. The average molecular weight is 298 g/mol. The van der Waals surface area contributed by atoms with E-state index in [1.807, 2.05) is 0 Å². The van der Waals surface area contributed by atoms with Crippen molar-refractivity contribution in [3.8, 4) is 0 Å². The van der Waals surface area contributed by atoms with Crippen molar-refractivity contribution in [3.63, 3.8) is 0 Å². The molecule has 0 aromatic carbocycles. The molecular weight excluding hydrogens is 268 g/mol. The zero-order valence-corrected chi connectivity index (χ0v) is 13.1. The van der Waals surface area contributed by atoms with Gasteiger partial charge < -0.3 is 21.7 Å². The minimum atomic E-state index is -0.784. The minimum Gasteiger partial charge on any atom is -0.356 e. The molecule has 6 nitrogen and oxygen atoms in total. The molecule has 0 aliphatic rings. The second kappa shape index (κ2) is 13.8. The van der Waals surface area contributed by atoms with E-state index in [0.29, 0.717) is 26.2 Å². The quantitative estimate of drug-likeness (QED) is 0.362. The van der Waals surface area contributed by atoms with E-state index < -0.39 is 5.92 Å². The normalized spacial score (nSPS) is 12.0. The summed E-state index contributed by atoms with van der Waals surface area (Å²) in [5, 5.41) is 8.53. The van der Waals surface area contributed by atoms with Crippen molar-refractivity contribution >= 4 is 11.8 Å². The fourth-order valence-corrected chi connectivity index (χ4v) is 1.78. The zero-order chi connectivity index (χ0) is 15.9. The topological polar surface area (TPSA) is 96.2 Å². The Kier molecular flexibility index (Phi) is 13.1. The van der Waals surface area contributed by atoms with Gasteiger partial charge in [0.05, 0.1) is 5.92 Å². The Morgan fingerprint density at radius 3 is 2.48 bits per heavy atom. The van der Waals surface area contributed by atoms with Crippen LogP contribution in [0.5, 0.6) is 0 Å². The highest BCUT2D eigenvalue weighted by Gasteiger charge is 2.16. The maximum atomic E-state index is 11.7. The molecule has 122 valence electrons. The van der Waals surface area contributed by atoms with Gasteiger partial charge in [-0.05, 0) is 13.3 Å². The molecule has 5 N–H and O–H groups in total. The first kappa shape index (κ1) is 19.9. The SMILES string of the molecule is [CH][C@@H](CC(=O)NCCNCCN)C(=O)NCCCCCC. The molecule has 21 heavy (non-hydrogen) atoms. The van der Waals surface area contributed by atoms with Gasteiger partial charge in [-0.3, -0.25) is 9.59 Å². The molecular formula is C15H30N4O2. The number of carbonyl (C=O) groups is 2. The predicted molar refractivity (Wildman–Crippen MR) is 84.5 cm³/mol. The Morgan fingerprint density at radius 2 is 1.81 bits per heavy atom. The maximum absolute atomic E-state index is 11.7.